The highest BCUT2D eigenvalue weighted by Gasteiger charge is 2.25. The molecule has 1 aromatic carbocycles. The van der Waals surface area contributed by atoms with Crippen LogP contribution >= 0.6 is 11.6 Å². The Hall–Kier alpha value is -0.530. The van der Waals surface area contributed by atoms with E-state index < -0.39 is 0 Å². The van der Waals surface area contributed by atoms with Crippen LogP contribution in [0.5, 0.6) is 0 Å². The molecule has 0 aromatic heterocycles. The molecule has 0 saturated heterocycles. The molecule has 1 atom stereocenters. The van der Waals surface area contributed by atoms with Gasteiger partial charge < -0.3 is 5.11 Å². The van der Waals surface area contributed by atoms with Gasteiger partial charge in [-0.3, -0.25) is 0 Å². The Kier molecular flexibility index (Phi) is 3.56. The minimum atomic E-state index is -0.307. The number of aliphatic hydroxyl groups excluding tert-OH is 1. The lowest BCUT2D eigenvalue weighted by Gasteiger charge is -2.21. The summed E-state index contributed by atoms with van der Waals surface area (Å²) in [7, 11) is 0. The number of rotatable bonds is 2. The van der Waals surface area contributed by atoms with Crippen LogP contribution in [0.4, 0.5) is 0 Å². The van der Waals surface area contributed by atoms with Crippen LogP contribution in [0, 0.1) is 19.8 Å². The Morgan fingerprint density at radius 2 is 1.81 bits per heavy atom. The minimum Gasteiger partial charge on any atom is -0.388 e. The van der Waals surface area contributed by atoms with Gasteiger partial charge in [-0.15, -0.1) is 0 Å². The van der Waals surface area contributed by atoms with Gasteiger partial charge in [0.2, 0.25) is 0 Å². The zero-order valence-electron chi connectivity index (χ0n) is 9.96. The van der Waals surface area contributed by atoms with Gasteiger partial charge in [-0.05, 0) is 55.4 Å². The number of halogens is 1. The van der Waals surface area contributed by atoms with Gasteiger partial charge in [0.05, 0.1) is 6.10 Å². The average Bonchev–Trinajstić information content (AvgIpc) is 2.75. The predicted molar refractivity (Wildman–Crippen MR) is 67.8 cm³/mol. The summed E-state index contributed by atoms with van der Waals surface area (Å²) in [6.07, 6.45) is 4.52. The van der Waals surface area contributed by atoms with E-state index in [2.05, 4.69) is 0 Å². The molecule has 2 rings (SSSR count). The monoisotopic (exact) mass is 238 g/mol. The molecule has 0 bridgehead atoms. The van der Waals surface area contributed by atoms with Crippen molar-refractivity contribution < 1.29 is 5.11 Å². The molecule has 1 saturated carbocycles. The third-order valence-corrected chi connectivity index (χ3v) is 4.12. The van der Waals surface area contributed by atoms with Crippen molar-refractivity contribution >= 4 is 11.6 Å². The predicted octanol–water partition coefficient (Wildman–Crippen LogP) is 4.18. The van der Waals surface area contributed by atoms with Crippen LogP contribution in [0.2, 0.25) is 5.02 Å². The first-order valence-electron chi connectivity index (χ1n) is 6.04. The van der Waals surface area contributed by atoms with E-state index in [9.17, 15) is 5.11 Å². The van der Waals surface area contributed by atoms with Crippen molar-refractivity contribution in [3.8, 4) is 0 Å². The zero-order valence-corrected chi connectivity index (χ0v) is 10.7. The second kappa shape index (κ2) is 4.77. The molecule has 1 aliphatic carbocycles. The van der Waals surface area contributed by atoms with E-state index in [1.807, 2.05) is 26.0 Å². The maximum atomic E-state index is 10.4. The summed E-state index contributed by atoms with van der Waals surface area (Å²) in [6, 6.07) is 4.01. The second-order valence-electron chi connectivity index (χ2n) is 4.95. The molecule has 0 radical (unpaired) electrons. The number of hydrogen-bond acceptors (Lipinski definition) is 1. The highest BCUT2D eigenvalue weighted by Crippen LogP contribution is 2.37. The molecular weight excluding hydrogens is 220 g/mol. The van der Waals surface area contributed by atoms with Gasteiger partial charge in [-0.25, -0.2) is 0 Å². The van der Waals surface area contributed by atoms with E-state index in [0.29, 0.717) is 5.92 Å². The Morgan fingerprint density at radius 1 is 1.19 bits per heavy atom. The van der Waals surface area contributed by atoms with Crippen molar-refractivity contribution in [3.63, 3.8) is 0 Å². The van der Waals surface area contributed by atoms with Crippen molar-refractivity contribution in [2.45, 2.75) is 45.6 Å². The molecule has 16 heavy (non-hydrogen) atoms. The van der Waals surface area contributed by atoms with Crippen LogP contribution in [0.1, 0.15) is 48.5 Å². The third kappa shape index (κ3) is 2.26. The maximum absolute atomic E-state index is 10.4. The summed E-state index contributed by atoms with van der Waals surface area (Å²) < 4.78 is 0. The summed E-state index contributed by atoms with van der Waals surface area (Å²) in [5, 5.41) is 11.2. The van der Waals surface area contributed by atoms with Crippen LogP contribution in [0.25, 0.3) is 0 Å². The molecule has 1 aromatic rings. The van der Waals surface area contributed by atoms with E-state index in [1.54, 1.807) is 0 Å². The summed E-state index contributed by atoms with van der Waals surface area (Å²) in [5.74, 6) is 0.444. The molecule has 1 unspecified atom stereocenters. The van der Waals surface area contributed by atoms with Crippen molar-refractivity contribution in [2.24, 2.45) is 5.92 Å². The first kappa shape index (κ1) is 11.9. The zero-order chi connectivity index (χ0) is 11.7. The van der Waals surface area contributed by atoms with E-state index in [0.717, 1.165) is 34.6 Å². The molecule has 88 valence electrons. The lowest BCUT2D eigenvalue weighted by atomic mass is 9.91. The van der Waals surface area contributed by atoms with E-state index in [1.165, 1.54) is 12.8 Å². The molecule has 0 heterocycles. The first-order chi connectivity index (χ1) is 7.59. The molecule has 1 N–H and O–H groups in total. The smallest absolute Gasteiger partial charge is 0.0820 e. The summed E-state index contributed by atoms with van der Waals surface area (Å²) >= 11 is 6.07. The Bertz CT molecular complexity index is 381. The van der Waals surface area contributed by atoms with E-state index in [4.69, 9.17) is 11.6 Å². The summed E-state index contributed by atoms with van der Waals surface area (Å²) in [4.78, 5) is 0. The van der Waals surface area contributed by atoms with Crippen LogP contribution in [-0.4, -0.2) is 5.11 Å². The fourth-order valence-corrected chi connectivity index (χ4v) is 2.87. The van der Waals surface area contributed by atoms with Gasteiger partial charge in [0, 0.05) is 5.02 Å². The Balaban J connectivity index is 2.28. The van der Waals surface area contributed by atoms with Crippen LogP contribution < -0.4 is 0 Å². The van der Waals surface area contributed by atoms with Gasteiger partial charge in [-0.2, -0.15) is 0 Å². The van der Waals surface area contributed by atoms with Crippen molar-refractivity contribution in [1.29, 1.82) is 0 Å². The molecule has 1 nitrogen and oxygen atoms in total. The highest BCUT2D eigenvalue weighted by molar-refractivity contribution is 6.31. The topological polar surface area (TPSA) is 20.2 Å². The summed E-state index contributed by atoms with van der Waals surface area (Å²) in [5.41, 5.74) is 3.23. The minimum absolute atomic E-state index is 0.307. The number of aryl methyl sites for hydroxylation is 2. The Labute approximate surface area is 102 Å². The van der Waals surface area contributed by atoms with Crippen molar-refractivity contribution in [2.75, 3.05) is 0 Å². The normalized spacial score (nSPS) is 19.0. The number of hydrogen-bond donors (Lipinski definition) is 1. The lowest BCUT2D eigenvalue weighted by molar-refractivity contribution is 0.111. The Morgan fingerprint density at radius 3 is 2.44 bits per heavy atom. The summed E-state index contributed by atoms with van der Waals surface area (Å²) in [6.45, 7) is 4.02. The molecular formula is C14H19ClO. The largest absolute Gasteiger partial charge is 0.388 e. The van der Waals surface area contributed by atoms with Crippen LogP contribution in [-0.2, 0) is 0 Å². The van der Waals surface area contributed by atoms with Gasteiger partial charge >= 0.3 is 0 Å². The third-order valence-electron chi connectivity index (χ3n) is 3.71. The average molecular weight is 239 g/mol. The first-order valence-corrected chi connectivity index (χ1v) is 6.42. The van der Waals surface area contributed by atoms with E-state index >= 15 is 0 Å². The molecule has 0 aliphatic heterocycles. The maximum Gasteiger partial charge on any atom is 0.0820 e. The van der Waals surface area contributed by atoms with Crippen molar-refractivity contribution in [3.05, 3.63) is 33.8 Å². The molecule has 0 spiro atoms. The lowest BCUT2D eigenvalue weighted by Crippen LogP contribution is -2.10. The fourth-order valence-electron chi connectivity index (χ4n) is 2.65. The fraction of sp³-hybridized carbons (Fsp3) is 0.571. The number of benzene rings is 1. The van der Waals surface area contributed by atoms with Crippen LogP contribution in [0.15, 0.2) is 12.1 Å². The van der Waals surface area contributed by atoms with Gasteiger partial charge in [0.1, 0.15) is 0 Å². The number of aliphatic hydroxyl groups is 1. The van der Waals surface area contributed by atoms with Gasteiger partial charge in [0.25, 0.3) is 0 Å². The standard InChI is InChI=1S/C14H19ClO/c1-9-8-13(15)10(2)7-12(9)14(16)11-5-3-4-6-11/h7-8,11,14,16H,3-6H2,1-2H3. The quantitative estimate of drug-likeness (QED) is 0.820. The molecule has 0 amide bonds. The van der Waals surface area contributed by atoms with Gasteiger partial charge in [0.15, 0.2) is 0 Å². The van der Waals surface area contributed by atoms with E-state index in [-0.39, 0.29) is 6.10 Å². The van der Waals surface area contributed by atoms with Crippen molar-refractivity contribution in [1.82, 2.24) is 0 Å². The highest BCUT2D eigenvalue weighted by atomic mass is 35.5. The molecule has 2 heteroatoms. The SMILES string of the molecule is Cc1cc(C(O)C2CCCC2)c(C)cc1Cl. The molecule has 1 aliphatic rings. The second-order valence-corrected chi connectivity index (χ2v) is 5.35. The van der Waals surface area contributed by atoms with Crippen LogP contribution in [0.3, 0.4) is 0 Å². The molecule has 1 fully saturated rings. The van der Waals surface area contributed by atoms with Gasteiger partial charge in [-0.1, -0.05) is 30.5 Å².